The third-order valence-corrected chi connectivity index (χ3v) is 3.47. The maximum Gasteiger partial charge on any atom is 0.334 e. The number of aliphatic carboxylic acids is 1. The second-order valence-electron chi connectivity index (χ2n) is 4.95. The van der Waals surface area contributed by atoms with Crippen molar-refractivity contribution in [2.24, 2.45) is 4.99 Å². The number of nitrogens with zero attached hydrogens (tertiary/aromatic N) is 2. The predicted octanol–water partition coefficient (Wildman–Crippen LogP) is 0.0868. The molecule has 98 valence electrons. The summed E-state index contributed by atoms with van der Waals surface area (Å²) in [4.78, 5) is 16.8. The fraction of sp³-hybridized carbons (Fsp3) is 0.500. The topological polar surface area (TPSA) is 93.4 Å². The third kappa shape index (κ3) is 1.49. The standard InChI is InChI=1S/C12H16N2O4/c1-7-5-4-6-14-8(7)13-11(2,10(16)17)9(15)12(14,3)18/h4-6,9,15,18H,1-3H3,(H,16,17). The Morgan fingerprint density at radius 1 is 1.50 bits per heavy atom. The van der Waals surface area contributed by atoms with Gasteiger partial charge in [-0.1, -0.05) is 6.08 Å². The van der Waals surface area contributed by atoms with E-state index in [0.29, 0.717) is 5.84 Å². The van der Waals surface area contributed by atoms with Crippen molar-refractivity contribution in [1.82, 2.24) is 4.90 Å². The molecule has 0 aromatic rings. The van der Waals surface area contributed by atoms with E-state index in [-0.39, 0.29) is 0 Å². The van der Waals surface area contributed by atoms with Crippen molar-refractivity contribution in [2.45, 2.75) is 38.1 Å². The summed E-state index contributed by atoms with van der Waals surface area (Å²) in [6.07, 6.45) is 3.50. The summed E-state index contributed by atoms with van der Waals surface area (Å²) >= 11 is 0. The second kappa shape index (κ2) is 3.66. The SMILES string of the molecule is CC1=CC=CN2C1=NC(C)(C(=O)O)C(O)C2(C)O. The van der Waals surface area contributed by atoms with Gasteiger partial charge in [0.25, 0.3) is 0 Å². The highest BCUT2D eigenvalue weighted by Gasteiger charge is 2.56. The monoisotopic (exact) mass is 252 g/mol. The number of fused-ring (bicyclic) bond motifs is 1. The van der Waals surface area contributed by atoms with Gasteiger partial charge in [0.15, 0.2) is 11.3 Å². The van der Waals surface area contributed by atoms with Crippen LogP contribution in [0.5, 0.6) is 0 Å². The van der Waals surface area contributed by atoms with Gasteiger partial charge < -0.3 is 20.2 Å². The number of amidine groups is 1. The third-order valence-electron chi connectivity index (χ3n) is 3.47. The van der Waals surface area contributed by atoms with E-state index in [9.17, 15) is 20.1 Å². The van der Waals surface area contributed by atoms with Gasteiger partial charge >= 0.3 is 5.97 Å². The molecule has 0 aliphatic carbocycles. The van der Waals surface area contributed by atoms with Crippen LogP contribution in [-0.2, 0) is 4.79 Å². The van der Waals surface area contributed by atoms with Crippen molar-refractivity contribution < 1.29 is 20.1 Å². The molecule has 6 heteroatoms. The zero-order chi connectivity index (χ0) is 13.7. The van der Waals surface area contributed by atoms with E-state index in [2.05, 4.69) is 4.99 Å². The molecule has 0 spiro atoms. The summed E-state index contributed by atoms with van der Waals surface area (Å²) in [5.41, 5.74) is -2.76. The van der Waals surface area contributed by atoms with Crippen LogP contribution in [0.25, 0.3) is 0 Å². The lowest BCUT2D eigenvalue weighted by Crippen LogP contribution is -2.68. The Hall–Kier alpha value is -1.66. The summed E-state index contributed by atoms with van der Waals surface area (Å²) in [6.45, 7) is 4.44. The highest BCUT2D eigenvalue weighted by Crippen LogP contribution is 2.36. The molecule has 0 bridgehead atoms. The molecule has 0 aromatic heterocycles. The van der Waals surface area contributed by atoms with E-state index in [1.165, 1.54) is 18.7 Å². The van der Waals surface area contributed by atoms with E-state index < -0.39 is 23.3 Å². The Morgan fingerprint density at radius 3 is 2.67 bits per heavy atom. The van der Waals surface area contributed by atoms with E-state index in [0.717, 1.165) is 5.57 Å². The number of allylic oxidation sites excluding steroid dienone is 2. The largest absolute Gasteiger partial charge is 0.479 e. The Morgan fingerprint density at radius 2 is 2.11 bits per heavy atom. The van der Waals surface area contributed by atoms with Gasteiger partial charge in [-0.2, -0.15) is 0 Å². The van der Waals surface area contributed by atoms with Crippen LogP contribution >= 0.6 is 0 Å². The normalized spacial score (nSPS) is 38.9. The number of carboxylic acids is 1. The van der Waals surface area contributed by atoms with Crippen LogP contribution in [0.2, 0.25) is 0 Å². The number of aliphatic imine (C=N–C) groups is 1. The van der Waals surface area contributed by atoms with Crippen LogP contribution in [0.15, 0.2) is 28.9 Å². The summed E-state index contributed by atoms with van der Waals surface area (Å²) in [5, 5.41) is 29.8. The molecule has 3 N–H and O–H groups in total. The lowest BCUT2D eigenvalue weighted by molar-refractivity contribution is -0.177. The fourth-order valence-electron chi connectivity index (χ4n) is 2.23. The van der Waals surface area contributed by atoms with Crippen LogP contribution in [0, 0.1) is 0 Å². The Labute approximate surface area is 105 Å². The summed E-state index contributed by atoms with van der Waals surface area (Å²) in [7, 11) is 0. The average Bonchev–Trinajstić information content (AvgIpc) is 2.28. The first kappa shape index (κ1) is 12.8. The minimum atomic E-state index is -1.77. The number of carbonyl (C=O) groups is 1. The molecule has 2 aliphatic rings. The van der Waals surface area contributed by atoms with Crippen LogP contribution < -0.4 is 0 Å². The molecule has 6 nitrogen and oxygen atoms in total. The molecular weight excluding hydrogens is 236 g/mol. The van der Waals surface area contributed by atoms with Gasteiger partial charge in [0.2, 0.25) is 0 Å². The van der Waals surface area contributed by atoms with E-state index in [1.807, 2.05) is 0 Å². The van der Waals surface area contributed by atoms with Gasteiger partial charge in [-0.05, 0) is 32.4 Å². The lowest BCUT2D eigenvalue weighted by Gasteiger charge is -2.49. The van der Waals surface area contributed by atoms with Crippen LogP contribution in [0.4, 0.5) is 0 Å². The van der Waals surface area contributed by atoms with Crippen molar-refractivity contribution in [2.75, 3.05) is 0 Å². The predicted molar refractivity (Wildman–Crippen MR) is 64.8 cm³/mol. The minimum absolute atomic E-state index is 0.359. The van der Waals surface area contributed by atoms with Crippen LogP contribution in [0.1, 0.15) is 20.8 Å². The molecule has 0 radical (unpaired) electrons. The van der Waals surface area contributed by atoms with Crippen molar-refractivity contribution in [3.8, 4) is 0 Å². The molecule has 0 fully saturated rings. The van der Waals surface area contributed by atoms with Gasteiger partial charge in [0.1, 0.15) is 11.9 Å². The molecule has 0 saturated carbocycles. The smallest absolute Gasteiger partial charge is 0.334 e. The molecule has 3 unspecified atom stereocenters. The quantitative estimate of drug-likeness (QED) is 0.615. The van der Waals surface area contributed by atoms with Gasteiger partial charge in [-0.15, -0.1) is 0 Å². The van der Waals surface area contributed by atoms with Crippen LogP contribution in [-0.4, -0.2) is 49.4 Å². The second-order valence-corrected chi connectivity index (χ2v) is 4.95. The minimum Gasteiger partial charge on any atom is -0.479 e. The van der Waals surface area contributed by atoms with Crippen molar-refractivity contribution in [3.05, 3.63) is 23.9 Å². The number of aliphatic hydroxyl groups is 2. The number of carboxylic acid groups (broad SMARTS) is 1. The molecule has 2 rings (SSSR count). The molecular formula is C12H16N2O4. The Bertz CT molecular complexity index is 492. The number of hydrogen-bond acceptors (Lipinski definition) is 5. The zero-order valence-corrected chi connectivity index (χ0v) is 10.5. The highest BCUT2D eigenvalue weighted by atomic mass is 16.4. The lowest BCUT2D eigenvalue weighted by atomic mass is 9.84. The number of hydrogen-bond donors (Lipinski definition) is 3. The van der Waals surface area contributed by atoms with E-state index >= 15 is 0 Å². The van der Waals surface area contributed by atoms with Crippen molar-refractivity contribution in [3.63, 3.8) is 0 Å². The molecule has 0 aromatic carbocycles. The van der Waals surface area contributed by atoms with E-state index in [4.69, 9.17) is 0 Å². The van der Waals surface area contributed by atoms with Gasteiger partial charge in [-0.25, -0.2) is 9.79 Å². The molecule has 18 heavy (non-hydrogen) atoms. The summed E-state index contributed by atoms with van der Waals surface area (Å²) < 4.78 is 0. The summed E-state index contributed by atoms with van der Waals surface area (Å²) in [6, 6.07) is 0. The molecule has 2 heterocycles. The first-order chi connectivity index (χ1) is 8.21. The molecule has 2 aliphatic heterocycles. The van der Waals surface area contributed by atoms with E-state index in [1.54, 1.807) is 25.3 Å². The highest BCUT2D eigenvalue weighted by molar-refractivity contribution is 6.03. The first-order valence-electron chi connectivity index (χ1n) is 5.59. The van der Waals surface area contributed by atoms with Gasteiger partial charge in [0, 0.05) is 6.20 Å². The Balaban J connectivity index is 2.64. The summed E-state index contributed by atoms with van der Waals surface area (Å²) in [5.74, 6) is -0.914. The average molecular weight is 252 g/mol. The van der Waals surface area contributed by atoms with Gasteiger partial charge in [0.05, 0.1) is 0 Å². The Kier molecular flexibility index (Phi) is 2.60. The maximum atomic E-state index is 11.3. The fourth-order valence-corrected chi connectivity index (χ4v) is 2.23. The van der Waals surface area contributed by atoms with Crippen molar-refractivity contribution in [1.29, 1.82) is 0 Å². The van der Waals surface area contributed by atoms with Gasteiger partial charge in [-0.3, -0.25) is 0 Å². The molecule has 0 saturated heterocycles. The number of rotatable bonds is 1. The van der Waals surface area contributed by atoms with Crippen molar-refractivity contribution >= 4 is 11.8 Å². The molecule has 0 amide bonds. The van der Waals surface area contributed by atoms with Crippen LogP contribution in [0.3, 0.4) is 0 Å². The first-order valence-corrected chi connectivity index (χ1v) is 5.59. The molecule has 3 atom stereocenters. The number of aliphatic hydroxyl groups excluding tert-OH is 1. The maximum absolute atomic E-state index is 11.3. The zero-order valence-electron chi connectivity index (χ0n) is 10.5.